The van der Waals surface area contributed by atoms with Gasteiger partial charge in [-0.3, -0.25) is 4.79 Å². The second-order valence-corrected chi connectivity index (χ2v) is 7.38. The van der Waals surface area contributed by atoms with Gasteiger partial charge in [-0.25, -0.2) is 0 Å². The van der Waals surface area contributed by atoms with Crippen molar-refractivity contribution < 1.29 is 4.79 Å². The Hall–Kier alpha value is -1.82. The summed E-state index contributed by atoms with van der Waals surface area (Å²) in [7, 11) is 1.97. The molecule has 5 nitrogen and oxygen atoms in total. The number of benzene rings is 1. The van der Waals surface area contributed by atoms with Crippen LogP contribution in [-0.4, -0.2) is 26.4 Å². The van der Waals surface area contributed by atoms with Crippen LogP contribution in [0.25, 0.3) is 0 Å². The molecule has 128 valence electrons. The van der Waals surface area contributed by atoms with Crippen molar-refractivity contribution in [3.05, 3.63) is 35.7 Å². The van der Waals surface area contributed by atoms with Crippen LogP contribution in [0, 0.1) is 0 Å². The van der Waals surface area contributed by atoms with Crippen molar-refractivity contribution >= 4 is 23.4 Å². The van der Waals surface area contributed by atoms with Crippen LogP contribution in [0.15, 0.2) is 29.4 Å². The van der Waals surface area contributed by atoms with Gasteiger partial charge in [0.15, 0.2) is 5.16 Å². The number of rotatable bonds is 7. The zero-order valence-electron chi connectivity index (χ0n) is 14.5. The predicted molar refractivity (Wildman–Crippen MR) is 97.5 cm³/mol. The molecule has 1 fully saturated rings. The molecule has 0 unspecified atom stereocenters. The first-order valence-corrected chi connectivity index (χ1v) is 9.49. The van der Waals surface area contributed by atoms with Crippen molar-refractivity contribution in [1.82, 2.24) is 14.8 Å². The molecular formula is C18H24N4OS. The van der Waals surface area contributed by atoms with Gasteiger partial charge in [0.25, 0.3) is 0 Å². The minimum atomic E-state index is -0.0211. The second-order valence-electron chi connectivity index (χ2n) is 6.44. The van der Waals surface area contributed by atoms with Crippen LogP contribution < -0.4 is 5.32 Å². The van der Waals surface area contributed by atoms with Gasteiger partial charge in [0.05, 0.1) is 5.75 Å². The Bertz CT molecular complexity index is 706. The zero-order chi connectivity index (χ0) is 17.1. The third-order valence-electron chi connectivity index (χ3n) is 4.52. The van der Waals surface area contributed by atoms with E-state index in [1.807, 2.05) is 23.7 Å². The second kappa shape index (κ2) is 7.38. The fourth-order valence-electron chi connectivity index (χ4n) is 2.61. The smallest absolute Gasteiger partial charge is 0.234 e. The molecule has 1 heterocycles. The Morgan fingerprint density at radius 2 is 2.04 bits per heavy atom. The third-order valence-corrected chi connectivity index (χ3v) is 5.54. The highest BCUT2D eigenvalue weighted by atomic mass is 32.2. The summed E-state index contributed by atoms with van der Waals surface area (Å²) in [6, 6.07) is 8.11. The Kier molecular flexibility index (Phi) is 5.23. The van der Waals surface area contributed by atoms with Crippen LogP contribution in [-0.2, 0) is 11.8 Å². The van der Waals surface area contributed by atoms with Crippen molar-refractivity contribution in [2.75, 3.05) is 11.1 Å². The average molecular weight is 344 g/mol. The largest absolute Gasteiger partial charge is 0.325 e. The van der Waals surface area contributed by atoms with Crippen LogP contribution in [0.4, 0.5) is 5.69 Å². The molecule has 1 aromatic carbocycles. The summed E-state index contributed by atoms with van der Waals surface area (Å²) in [5.41, 5.74) is 2.14. The van der Waals surface area contributed by atoms with Crippen molar-refractivity contribution in [3.8, 4) is 0 Å². The molecule has 0 bridgehead atoms. The van der Waals surface area contributed by atoms with Crippen molar-refractivity contribution in [3.63, 3.8) is 0 Å². The highest BCUT2D eigenvalue weighted by Gasteiger charge is 2.29. The fourth-order valence-corrected chi connectivity index (χ4v) is 3.32. The first-order valence-electron chi connectivity index (χ1n) is 8.50. The summed E-state index contributed by atoms with van der Waals surface area (Å²) in [6.07, 6.45) is 3.51. The molecule has 2 aromatic rings. The van der Waals surface area contributed by atoms with Crippen molar-refractivity contribution in [1.29, 1.82) is 0 Å². The number of thioether (sulfide) groups is 1. The van der Waals surface area contributed by atoms with E-state index in [2.05, 4.69) is 41.5 Å². The Morgan fingerprint density at radius 3 is 2.67 bits per heavy atom. The van der Waals surface area contributed by atoms with Gasteiger partial charge in [-0.1, -0.05) is 37.7 Å². The quantitative estimate of drug-likeness (QED) is 0.773. The number of amides is 1. The number of hydrogen-bond donors (Lipinski definition) is 1. The Labute approximate surface area is 147 Å². The molecule has 24 heavy (non-hydrogen) atoms. The molecule has 0 spiro atoms. The van der Waals surface area contributed by atoms with Crippen LogP contribution in [0.5, 0.6) is 0 Å². The van der Waals surface area contributed by atoms with E-state index in [-0.39, 0.29) is 5.91 Å². The zero-order valence-corrected chi connectivity index (χ0v) is 15.3. The molecule has 1 saturated carbocycles. The first-order chi connectivity index (χ1) is 11.6. The SMILES string of the molecule is CC[C@@H](C)c1ccc(NC(=O)CSc2nnc(C3CC3)n2C)cc1. The normalized spacial score (nSPS) is 15.3. The highest BCUT2D eigenvalue weighted by molar-refractivity contribution is 7.99. The molecule has 1 atom stereocenters. The third kappa shape index (κ3) is 3.98. The van der Waals surface area contributed by atoms with Gasteiger partial charge in [0.1, 0.15) is 5.82 Å². The minimum absolute atomic E-state index is 0.0211. The summed E-state index contributed by atoms with van der Waals surface area (Å²) in [6.45, 7) is 4.39. The number of carbonyl (C=O) groups is 1. The lowest BCUT2D eigenvalue weighted by atomic mass is 9.99. The maximum Gasteiger partial charge on any atom is 0.234 e. The fraction of sp³-hybridized carbons (Fsp3) is 0.500. The molecule has 0 radical (unpaired) electrons. The summed E-state index contributed by atoms with van der Waals surface area (Å²) in [4.78, 5) is 12.1. The summed E-state index contributed by atoms with van der Waals surface area (Å²) >= 11 is 1.43. The lowest BCUT2D eigenvalue weighted by Gasteiger charge is -2.10. The first kappa shape index (κ1) is 17.0. The van der Waals surface area contributed by atoms with Crippen molar-refractivity contribution in [2.24, 2.45) is 7.05 Å². The molecule has 0 aliphatic heterocycles. The van der Waals surface area contributed by atoms with Crippen LogP contribution >= 0.6 is 11.8 Å². The standard InChI is InChI=1S/C18H24N4OS/c1-4-12(2)13-7-9-15(10-8-13)19-16(23)11-24-18-21-20-17(22(18)3)14-5-6-14/h7-10,12,14H,4-6,11H2,1-3H3,(H,19,23)/t12-/m1/s1. The van der Waals surface area contributed by atoms with Gasteiger partial charge < -0.3 is 9.88 Å². The average Bonchev–Trinajstić information content (AvgIpc) is 3.36. The van der Waals surface area contributed by atoms with Gasteiger partial charge in [0, 0.05) is 18.7 Å². The summed E-state index contributed by atoms with van der Waals surface area (Å²) in [5.74, 6) is 2.46. The number of aromatic nitrogens is 3. The minimum Gasteiger partial charge on any atom is -0.325 e. The van der Waals surface area contributed by atoms with Gasteiger partial charge in [0.2, 0.25) is 5.91 Å². The molecular weight excluding hydrogens is 320 g/mol. The summed E-state index contributed by atoms with van der Waals surface area (Å²) in [5, 5.41) is 12.2. The lowest BCUT2D eigenvalue weighted by molar-refractivity contribution is -0.113. The van der Waals surface area contributed by atoms with E-state index in [0.717, 1.165) is 23.1 Å². The van der Waals surface area contributed by atoms with Crippen molar-refractivity contribution in [2.45, 2.75) is 50.1 Å². The molecule has 1 aliphatic carbocycles. The van der Waals surface area contributed by atoms with E-state index in [0.29, 0.717) is 17.6 Å². The maximum atomic E-state index is 12.1. The molecule has 1 N–H and O–H groups in total. The van der Waals surface area contributed by atoms with Crippen LogP contribution in [0.1, 0.15) is 56.3 Å². The van der Waals surface area contributed by atoms with E-state index in [4.69, 9.17) is 0 Å². The predicted octanol–water partition coefficient (Wildman–Crippen LogP) is 3.94. The topological polar surface area (TPSA) is 59.8 Å². The number of nitrogens with one attached hydrogen (secondary N) is 1. The van der Waals surface area contributed by atoms with E-state index in [9.17, 15) is 4.79 Å². The molecule has 1 aliphatic rings. The highest BCUT2D eigenvalue weighted by Crippen LogP contribution is 2.39. The van der Waals surface area contributed by atoms with E-state index < -0.39 is 0 Å². The molecule has 0 saturated heterocycles. The van der Waals surface area contributed by atoms with Gasteiger partial charge >= 0.3 is 0 Å². The summed E-state index contributed by atoms with van der Waals surface area (Å²) < 4.78 is 2.01. The monoisotopic (exact) mass is 344 g/mol. The molecule has 1 aromatic heterocycles. The van der Waals surface area contributed by atoms with E-state index >= 15 is 0 Å². The maximum absolute atomic E-state index is 12.1. The van der Waals surface area contributed by atoms with Crippen LogP contribution in [0.3, 0.4) is 0 Å². The lowest BCUT2D eigenvalue weighted by Crippen LogP contribution is -2.14. The number of anilines is 1. The van der Waals surface area contributed by atoms with Gasteiger partial charge in [-0.05, 0) is 42.9 Å². The molecule has 1 amide bonds. The number of carbonyl (C=O) groups excluding carboxylic acids is 1. The Balaban J connectivity index is 1.52. The molecule has 3 rings (SSSR count). The number of nitrogens with zero attached hydrogens (tertiary/aromatic N) is 3. The molecule has 6 heteroatoms. The number of hydrogen-bond acceptors (Lipinski definition) is 4. The van der Waals surface area contributed by atoms with E-state index in [1.165, 1.54) is 30.2 Å². The van der Waals surface area contributed by atoms with E-state index in [1.54, 1.807) is 0 Å². The Morgan fingerprint density at radius 1 is 1.33 bits per heavy atom. The van der Waals surface area contributed by atoms with Crippen LogP contribution in [0.2, 0.25) is 0 Å². The van der Waals surface area contributed by atoms with Gasteiger partial charge in [-0.2, -0.15) is 0 Å². The van der Waals surface area contributed by atoms with Gasteiger partial charge in [-0.15, -0.1) is 10.2 Å².